The quantitative estimate of drug-likeness (QED) is 0.800. The van der Waals surface area contributed by atoms with Crippen molar-refractivity contribution in [3.8, 4) is 17.2 Å². The van der Waals surface area contributed by atoms with Gasteiger partial charge in [-0.15, -0.1) is 0 Å². The van der Waals surface area contributed by atoms with E-state index in [1.54, 1.807) is 6.92 Å². The first-order valence-corrected chi connectivity index (χ1v) is 7.44. The van der Waals surface area contributed by atoms with E-state index in [1.807, 2.05) is 6.92 Å². The summed E-state index contributed by atoms with van der Waals surface area (Å²) in [6.07, 6.45) is 1.45. The van der Waals surface area contributed by atoms with Crippen LogP contribution in [0.15, 0.2) is 27.5 Å². The maximum Gasteiger partial charge on any atom is 0.267 e. The van der Waals surface area contributed by atoms with Gasteiger partial charge in [-0.2, -0.15) is 4.98 Å². The molecule has 2 aromatic heterocycles. The second-order valence-corrected chi connectivity index (χ2v) is 5.20. The third kappa shape index (κ3) is 2.48. The molecular weight excluding hydrogens is 301 g/mol. The van der Waals surface area contributed by atoms with E-state index in [1.165, 1.54) is 22.8 Å². The topological polar surface area (TPSA) is 81.2 Å². The summed E-state index contributed by atoms with van der Waals surface area (Å²) in [5, 5.41) is 14.6. The number of rotatable bonds is 4. The first-order valence-electron chi connectivity index (χ1n) is 7.44. The molecule has 0 atom stereocenters. The van der Waals surface area contributed by atoms with Gasteiger partial charge in [-0.25, -0.2) is 4.39 Å². The van der Waals surface area contributed by atoms with E-state index in [0.717, 1.165) is 6.42 Å². The van der Waals surface area contributed by atoms with Crippen molar-refractivity contribution >= 4 is 10.9 Å². The van der Waals surface area contributed by atoms with Crippen LogP contribution >= 0.6 is 0 Å². The summed E-state index contributed by atoms with van der Waals surface area (Å²) in [6.45, 7) is 4.06. The first-order chi connectivity index (χ1) is 11.1. The van der Waals surface area contributed by atoms with Gasteiger partial charge in [0, 0.05) is 18.4 Å². The van der Waals surface area contributed by atoms with Crippen molar-refractivity contribution in [1.82, 2.24) is 14.7 Å². The molecule has 0 saturated carbocycles. The summed E-state index contributed by atoms with van der Waals surface area (Å²) in [5.74, 6) is -0.302. The average Bonchev–Trinajstić information content (AvgIpc) is 2.96. The fourth-order valence-corrected chi connectivity index (χ4v) is 2.60. The van der Waals surface area contributed by atoms with E-state index in [-0.39, 0.29) is 17.2 Å². The third-order valence-electron chi connectivity index (χ3n) is 3.67. The van der Waals surface area contributed by atoms with Crippen LogP contribution in [0.3, 0.4) is 0 Å². The number of benzene rings is 1. The van der Waals surface area contributed by atoms with Crippen molar-refractivity contribution in [2.75, 3.05) is 0 Å². The molecule has 23 heavy (non-hydrogen) atoms. The Morgan fingerprint density at radius 2 is 2.13 bits per heavy atom. The summed E-state index contributed by atoms with van der Waals surface area (Å²) in [6, 6.07) is 3.88. The number of nitrogens with zero attached hydrogens (tertiary/aromatic N) is 3. The van der Waals surface area contributed by atoms with Crippen LogP contribution in [0, 0.1) is 5.82 Å². The van der Waals surface area contributed by atoms with Gasteiger partial charge in [0.15, 0.2) is 5.82 Å². The normalized spacial score (nSPS) is 11.3. The zero-order valence-corrected chi connectivity index (χ0v) is 12.8. The highest BCUT2D eigenvalue weighted by Gasteiger charge is 2.22. The Balaban J connectivity index is 2.32. The number of fused-ring (bicyclic) bond motifs is 1. The van der Waals surface area contributed by atoms with Crippen LogP contribution in [0.25, 0.3) is 22.4 Å². The van der Waals surface area contributed by atoms with Gasteiger partial charge in [0.1, 0.15) is 17.1 Å². The lowest BCUT2D eigenvalue weighted by Crippen LogP contribution is -2.21. The highest BCUT2D eigenvalue weighted by atomic mass is 19.1. The van der Waals surface area contributed by atoms with Crippen LogP contribution in [0.1, 0.15) is 26.1 Å². The standard InChI is InChI=1S/C16H16FN3O3/c1-3-5-12-18-15(23-19-12)13-14(21)10-7-6-9(17)8-11(10)20(4-2)16(13)22/h6-8,21H,3-5H2,1-2H3. The van der Waals surface area contributed by atoms with Gasteiger partial charge in [0.05, 0.1) is 5.52 Å². The monoisotopic (exact) mass is 317 g/mol. The molecule has 0 amide bonds. The second-order valence-electron chi connectivity index (χ2n) is 5.20. The SMILES string of the molecule is CCCc1noc(-c2c(O)c3ccc(F)cc3n(CC)c2=O)n1. The van der Waals surface area contributed by atoms with Crippen molar-refractivity contribution in [1.29, 1.82) is 0 Å². The minimum Gasteiger partial charge on any atom is -0.506 e. The Labute approximate surface area is 131 Å². The molecule has 120 valence electrons. The molecule has 0 fully saturated rings. The Morgan fingerprint density at radius 3 is 2.83 bits per heavy atom. The van der Waals surface area contributed by atoms with Crippen LogP contribution in [0.4, 0.5) is 4.39 Å². The van der Waals surface area contributed by atoms with E-state index >= 15 is 0 Å². The molecule has 0 radical (unpaired) electrons. The number of hydrogen-bond acceptors (Lipinski definition) is 5. The second kappa shape index (κ2) is 5.83. The molecule has 3 aromatic rings. The van der Waals surface area contributed by atoms with Crippen LogP contribution in [-0.4, -0.2) is 19.8 Å². The Hall–Kier alpha value is -2.70. The number of aromatic hydroxyl groups is 1. The highest BCUT2D eigenvalue weighted by Crippen LogP contribution is 2.32. The highest BCUT2D eigenvalue weighted by molar-refractivity contribution is 5.90. The van der Waals surface area contributed by atoms with Gasteiger partial charge >= 0.3 is 0 Å². The lowest BCUT2D eigenvalue weighted by molar-refractivity contribution is 0.416. The maximum atomic E-state index is 13.5. The fourth-order valence-electron chi connectivity index (χ4n) is 2.60. The molecule has 0 aliphatic carbocycles. The number of aromatic nitrogens is 3. The van der Waals surface area contributed by atoms with Crippen molar-refractivity contribution in [2.24, 2.45) is 0 Å². The molecule has 6 nitrogen and oxygen atoms in total. The molecule has 0 aliphatic rings. The van der Waals surface area contributed by atoms with Crippen LogP contribution < -0.4 is 5.56 Å². The van der Waals surface area contributed by atoms with Gasteiger partial charge in [-0.1, -0.05) is 12.1 Å². The lowest BCUT2D eigenvalue weighted by atomic mass is 10.1. The third-order valence-corrected chi connectivity index (χ3v) is 3.67. The Bertz CT molecular complexity index is 930. The predicted molar refractivity (Wildman–Crippen MR) is 82.8 cm³/mol. The largest absolute Gasteiger partial charge is 0.506 e. The molecule has 7 heteroatoms. The molecule has 0 spiro atoms. The number of aryl methyl sites for hydroxylation is 2. The van der Waals surface area contributed by atoms with Gasteiger partial charge in [0.2, 0.25) is 0 Å². The van der Waals surface area contributed by atoms with Crippen LogP contribution in [0.5, 0.6) is 5.75 Å². The fraction of sp³-hybridized carbons (Fsp3) is 0.312. The van der Waals surface area contributed by atoms with Gasteiger partial charge in [0.25, 0.3) is 11.4 Å². The first kappa shape index (κ1) is 15.2. The van der Waals surface area contributed by atoms with E-state index in [9.17, 15) is 14.3 Å². The summed E-state index contributed by atoms with van der Waals surface area (Å²) in [7, 11) is 0. The molecule has 1 aromatic carbocycles. The summed E-state index contributed by atoms with van der Waals surface area (Å²) >= 11 is 0. The molecule has 1 N–H and O–H groups in total. The minimum absolute atomic E-state index is 0.0237. The average molecular weight is 317 g/mol. The summed E-state index contributed by atoms with van der Waals surface area (Å²) in [5.41, 5.74) is -0.220. The van der Waals surface area contributed by atoms with Gasteiger partial charge < -0.3 is 14.2 Å². The molecular formula is C16H16FN3O3. The van der Waals surface area contributed by atoms with Gasteiger partial charge in [-0.3, -0.25) is 4.79 Å². The molecule has 0 unspecified atom stereocenters. The van der Waals surface area contributed by atoms with E-state index in [0.29, 0.717) is 29.7 Å². The number of hydrogen-bond donors (Lipinski definition) is 1. The Kier molecular flexibility index (Phi) is 3.85. The smallest absolute Gasteiger partial charge is 0.267 e. The molecule has 0 aliphatic heterocycles. The van der Waals surface area contributed by atoms with Crippen LogP contribution in [0.2, 0.25) is 0 Å². The maximum absolute atomic E-state index is 13.5. The van der Waals surface area contributed by atoms with Crippen molar-refractivity contribution in [3.05, 3.63) is 40.2 Å². The van der Waals surface area contributed by atoms with Gasteiger partial charge in [-0.05, 0) is 31.5 Å². The molecule has 0 bridgehead atoms. The summed E-state index contributed by atoms with van der Waals surface area (Å²) in [4.78, 5) is 16.8. The number of pyridine rings is 1. The predicted octanol–water partition coefficient (Wildman–Crippen LogP) is 2.87. The Morgan fingerprint density at radius 1 is 1.35 bits per heavy atom. The van der Waals surface area contributed by atoms with Crippen molar-refractivity contribution in [2.45, 2.75) is 33.2 Å². The lowest BCUT2D eigenvalue weighted by Gasteiger charge is -2.11. The zero-order chi connectivity index (χ0) is 16.6. The zero-order valence-electron chi connectivity index (χ0n) is 12.8. The molecule has 0 saturated heterocycles. The van der Waals surface area contributed by atoms with E-state index in [2.05, 4.69) is 10.1 Å². The number of halogens is 1. The van der Waals surface area contributed by atoms with E-state index in [4.69, 9.17) is 4.52 Å². The molecule has 3 rings (SSSR count). The molecule has 2 heterocycles. The minimum atomic E-state index is -0.491. The van der Waals surface area contributed by atoms with Crippen molar-refractivity contribution < 1.29 is 14.0 Å². The van der Waals surface area contributed by atoms with Crippen LogP contribution in [-0.2, 0) is 13.0 Å². The van der Waals surface area contributed by atoms with Crippen molar-refractivity contribution in [3.63, 3.8) is 0 Å². The summed E-state index contributed by atoms with van der Waals surface area (Å²) < 4.78 is 20.0. The van der Waals surface area contributed by atoms with E-state index < -0.39 is 11.4 Å².